The van der Waals surface area contributed by atoms with Gasteiger partial charge in [-0.15, -0.1) is 0 Å². The fraction of sp³-hybridized carbons (Fsp3) is 0.133. The summed E-state index contributed by atoms with van der Waals surface area (Å²) in [5.74, 6) is 1.17. The molecule has 0 spiro atoms. The van der Waals surface area contributed by atoms with Crippen LogP contribution in [0.5, 0.6) is 11.5 Å². The monoisotopic (exact) mass is 398 g/mol. The van der Waals surface area contributed by atoms with Gasteiger partial charge in [0, 0.05) is 21.0 Å². The van der Waals surface area contributed by atoms with E-state index in [0.29, 0.717) is 17.2 Å². The highest BCUT2D eigenvalue weighted by Crippen LogP contribution is 2.29. The molecular weight excluding hydrogens is 383 g/mol. The zero-order valence-corrected chi connectivity index (χ0v) is 13.8. The molecule has 0 aliphatic carbocycles. The fourth-order valence-corrected chi connectivity index (χ4v) is 2.10. The molecule has 2 rings (SSSR count). The van der Waals surface area contributed by atoms with E-state index in [9.17, 15) is 4.79 Å². The topological polar surface area (TPSA) is 59.6 Å². The van der Waals surface area contributed by atoms with Crippen molar-refractivity contribution in [1.29, 1.82) is 0 Å². The number of carbonyl (C=O) groups is 1. The summed E-state index contributed by atoms with van der Waals surface area (Å²) in [5, 5.41) is 5.50. The van der Waals surface area contributed by atoms with Crippen LogP contribution in [0.1, 0.15) is 0 Å². The highest BCUT2D eigenvalue weighted by molar-refractivity contribution is 14.1. The van der Waals surface area contributed by atoms with Crippen LogP contribution in [0.15, 0.2) is 42.5 Å². The molecule has 2 N–H and O–H groups in total. The number of nitrogens with one attached hydrogen (secondary N) is 2. The van der Waals surface area contributed by atoms with Gasteiger partial charge in [-0.3, -0.25) is 0 Å². The Morgan fingerprint density at radius 1 is 0.905 bits per heavy atom. The number of hydrogen-bond acceptors (Lipinski definition) is 3. The molecular formula is C15H15IN2O3. The van der Waals surface area contributed by atoms with E-state index in [0.717, 1.165) is 9.26 Å². The van der Waals surface area contributed by atoms with Gasteiger partial charge in [0.1, 0.15) is 0 Å². The van der Waals surface area contributed by atoms with Crippen molar-refractivity contribution in [2.45, 2.75) is 0 Å². The van der Waals surface area contributed by atoms with Gasteiger partial charge in [-0.25, -0.2) is 4.79 Å². The molecule has 0 aliphatic heterocycles. The van der Waals surface area contributed by atoms with Gasteiger partial charge in [0.15, 0.2) is 11.5 Å². The van der Waals surface area contributed by atoms with Crippen LogP contribution in [-0.2, 0) is 0 Å². The molecule has 0 saturated heterocycles. The van der Waals surface area contributed by atoms with Gasteiger partial charge in [0.2, 0.25) is 0 Å². The van der Waals surface area contributed by atoms with E-state index in [1.807, 2.05) is 24.3 Å². The van der Waals surface area contributed by atoms with Crippen LogP contribution in [0.2, 0.25) is 0 Å². The second-order valence-corrected chi connectivity index (χ2v) is 5.40. The minimum absolute atomic E-state index is 0.316. The average Bonchev–Trinajstić information content (AvgIpc) is 2.49. The summed E-state index contributed by atoms with van der Waals surface area (Å²) in [6.07, 6.45) is 0. The quantitative estimate of drug-likeness (QED) is 0.767. The minimum Gasteiger partial charge on any atom is -0.493 e. The SMILES string of the molecule is COc1ccc(NC(=O)Nc2ccc(I)cc2)cc1OC. The maximum absolute atomic E-state index is 11.9. The Kier molecular flexibility index (Phi) is 5.26. The molecule has 2 amide bonds. The zero-order valence-electron chi connectivity index (χ0n) is 11.6. The normalized spacial score (nSPS) is 9.86. The van der Waals surface area contributed by atoms with E-state index in [1.54, 1.807) is 32.4 Å². The maximum Gasteiger partial charge on any atom is 0.323 e. The van der Waals surface area contributed by atoms with Crippen LogP contribution in [-0.4, -0.2) is 20.3 Å². The molecule has 2 aromatic carbocycles. The lowest BCUT2D eigenvalue weighted by molar-refractivity contribution is 0.262. The largest absolute Gasteiger partial charge is 0.493 e. The van der Waals surface area contributed by atoms with Crippen molar-refractivity contribution in [3.63, 3.8) is 0 Å². The highest BCUT2D eigenvalue weighted by Gasteiger charge is 2.07. The number of anilines is 2. The van der Waals surface area contributed by atoms with E-state index in [4.69, 9.17) is 9.47 Å². The molecule has 0 aromatic heterocycles. The lowest BCUT2D eigenvalue weighted by atomic mass is 10.2. The Morgan fingerprint density at radius 2 is 1.48 bits per heavy atom. The van der Waals surface area contributed by atoms with E-state index in [1.165, 1.54) is 0 Å². The Hall–Kier alpha value is -1.96. The van der Waals surface area contributed by atoms with Crippen LogP contribution in [0.4, 0.5) is 16.2 Å². The summed E-state index contributed by atoms with van der Waals surface area (Å²) in [5.41, 5.74) is 1.35. The van der Waals surface area contributed by atoms with Crippen molar-refractivity contribution in [3.05, 3.63) is 46.0 Å². The molecule has 21 heavy (non-hydrogen) atoms. The smallest absolute Gasteiger partial charge is 0.323 e. The van der Waals surface area contributed by atoms with Gasteiger partial charge in [-0.1, -0.05) is 0 Å². The van der Waals surface area contributed by atoms with Gasteiger partial charge < -0.3 is 20.1 Å². The number of amides is 2. The van der Waals surface area contributed by atoms with E-state index in [-0.39, 0.29) is 6.03 Å². The summed E-state index contributed by atoms with van der Waals surface area (Å²) in [6.45, 7) is 0. The molecule has 0 radical (unpaired) electrons. The predicted molar refractivity (Wildman–Crippen MR) is 91.3 cm³/mol. The third-order valence-corrected chi connectivity index (χ3v) is 3.46. The Labute approximate surface area is 136 Å². The molecule has 0 fully saturated rings. The molecule has 6 heteroatoms. The van der Waals surface area contributed by atoms with Gasteiger partial charge in [0.25, 0.3) is 0 Å². The number of ether oxygens (including phenoxy) is 2. The van der Waals surface area contributed by atoms with Gasteiger partial charge in [-0.05, 0) is 59.0 Å². The van der Waals surface area contributed by atoms with Crippen molar-refractivity contribution < 1.29 is 14.3 Å². The summed E-state index contributed by atoms with van der Waals surface area (Å²) >= 11 is 2.21. The van der Waals surface area contributed by atoms with E-state index >= 15 is 0 Å². The summed E-state index contributed by atoms with van der Waals surface area (Å²) in [4.78, 5) is 11.9. The zero-order chi connectivity index (χ0) is 15.2. The van der Waals surface area contributed by atoms with Crippen LogP contribution >= 0.6 is 22.6 Å². The molecule has 0 saturated carbocycles. The first kappa shape index (κ1) is 15.4. The minimum atomic E-state index is -0.316. The third kappa shape index (κ3) is 4.25. The van der Waals surface area contributed by atoms with Crippen LogP contribution in [0.25, 0.3) is 0 Å². The highest BCUT2D eigenvalue weighted by atomic mass is 127. The molecule has 110 valence electrons. The second-order valence-electron chi connectivity index (χ2n) is 4.16. The first-order valence-corrected chi connectivity index (χ1v) is 7.26. The van der Waals surface area contributed by atoms with Crippen molar-refractivity contribution >= 4 is 40.0 Å². The maximum atomic E-state index is 11.9. The molecule has 0 unspecified atom stereocenters. The van der Waals surface area contributed by atoms with Crippen LogP contribution < -0.4 is 20.1 Å². The molecule has 0 bridgehead atoms. The standard InChI is InChI=1S/C15H15IN2O3/c1-20-13-8-7-12(9-14(13)21-2)18-15(19)17-11-5-3-10(16)4-6-11/h3-9H,1-2H3,(H2,17,18,19). The summed E-state index contributed by atoms with van der Waals surface area (Å²) in [6, 6.07) is 12.4. The first-order valence-electron chi connectivity index (χ1n) is 6.18. The number of rotatable bonds is 4. The van der Waals surface area contributed by atoms with Crippen LogP contribution in [0, 0.1) is 3.57 Å². The molecule has 0 atom stereocenters. The van der Waals surface area contributed by atoms with Crippen LogP contribution in [0.3, 0.4) is 0 Å². The van der Waals surface area contributed by atoms with Crippen molar-refractivity contribution in [3.8, 4) is 11.5 Å². The number of halogens is 1. The number of urea groups is 1. The molecule has 0 aliphatic rings. The first-order chi connectivity index (χ1) is 10.1. The Bertz CT molecular complexity index is 629. The Morgan fingerprint density at radius 3 is 2.10 bits per heavy atom. The Balaban J connectivity index is 2.04. The summed E-state index contributed by atoms with van der Waals surface area (Å²) < 4.78 is 11.5. The number of benzene rings is 2. The molecule has 0 heterocycles. The van der Waals surface area contributed by atoms with E-state index < -0.39 is 0 Å². The van der Waals surface area contributed by atoms with Gasteiger partial charge in [-0.2, -0.15) is 0 Å². The van der Waals surface area contributed by atoms with Crippen molar-refractivity contribution in [1.82, 2.24) is 0 Å². The lowest BCUT2D eigenvalue weighted by Gasteiger charge is -2.11. The van der Waals surface area contributed by atoms with Gasteiger partial charge >= 0.3 is 6.03 Å². The predicted octanol–water partition coefficient (Wildman–Crippen LogP) is 3.95. The fourth-order valence-electron chi connectivity index (χ4n) is 1.74. The third-order valence-electron chi connectivity index (χ3n) is 2.74. The lowest BCUT2D eigenvalue weighted by Crippen LogP contribution is -2.19. The van der Waals surface area contributed by atoms with Crippen molar-refractivity contribution in [2.75, 3.05) is 24.9 Å². The second kappa shape index (κ2) is 7.16. The number of methoxy groups -OCH3 is 2. The molecule has 2 aromatic rings. The average molecular weight is 398 g/mol. The molecule has 5 nitrogen and oxygen atoms in total. The number of hydrogen-bond donors (Lipinski definition) is 2. The van der Waals surface area contributed by atoms with E-state index in [2.05, 4.69) is 33.2 Å². The van der Waals surface area contributed by atoms with Crippen molar-refractivity contribution in [2.24, 2.45) is 0 Å². The summed E-state index contributed by atoms with van der Waals surface area (Å²) in [7, 11) is 3.11. The number of carbonyl (C=O) groups excluding carboxylic acids is 1. The van der Waals surface area contributed by atoms with Gasteiger partial charge in [0.05, 0.1) is 14.2 Å².